The first-order chi connectivity index (χ1) is 9.46. The Morgan fingerprint density at radius 2 is 2.10 bits per heavy atom. The van der Waals surface area contributed by atoms with Crippen molar-refractivity contribution >= 4 is 33.3 Å². The minimum Gasteiger partial charge on any atom is -0.375 e. The molecule has 1 unspecified atom stereocenters. The van der Waals surface area contributed by atoms with Crippen LogP contribution in [0.5, 0.6) is 0 Å². The van der Waals surface area contributed by atoms with Gasteiger partial charge in [-0.2, -0.15) is 0 Å². The zero-order valence-electron chi connectivity index (χ0n) is 11.2. The number of hydrogen-bond donors (Lipinski definition) is 1. The van der Waals surface area contributed by atoms with Gasteiger partial charge in [0.05, 0.1) is 11.6 Å². The summed E-state index contributed by atoms with van der Waals surface area (Å²) in [5.41, 5.74) is -0.482. The Kier molecular flexibility index (Phi) is 3.21. The number of Topliss-reactive ketones (excluding diaryl/α,β-unsaturated/α-hetero) is 1. The molecule has 20 heavy (non-hydrogen) atoms. The van der Waals surface area contributed by atoms with Crippen LogP contribution < -0.4 is 4.90 Å². The van der Waals surface area contributed by atoms with Crippen LogP contribution in [0.3, 0.4) is 0 Å². The van der Waals surface area contributed by atoms with Crippen LogP contribution in [0.15, 0.2) is 22.7 Å². The summed E-state index contributed by atoms with van der Waals surface area (Å²) in [5.74, 6) is -1.03. The smallest absolute Gasteiger partial charge is 0.264 e. The largest absolute Gasteiger partial charge is 0.375 e. The van der Waals surface area contributed by atoms with Gasteiger partial charge in [0.1, 0.15) is 5.78 Å². The maximum absolute atomic E-state index is 12.5. The highest BCUT2D eigenvalue weighted by Gasteiger charge is 2.56. The monoisotopic (exact) mass is 337 g/mol. The lowest BCUT2D eigenvalue weighted by Crippen LogP contribution is -2.48. The molecule has 1 saturated carbocycles. The molecule has 1 amide bonds. The van der Waals surface area contributed by atoms with Crippen molar-refractivity contribution in [1.82, 2.24) is 0 Å². The van der Waals surface area contributed by atoms with E-state index in [0.717, 1.165) is 17.3 Å². The van der Waals surface area contributed by atoms with Crippen molar-refractivity contribution in [1.29, 1.82) is 0 Å². The number of aliphatic hydroxyl groups is 1. The Balaban J connectivity index is 2.15. The molecule has 0 aromatic heterocycles. The molecule has 0 spiro atoms. The molecule has 0 saturated heterocycles. The molecule has 0 bridgehead atoms. The van der Waals surface area contributed by atoms with Crippen molar-refractivity contribution in [3.63, 3.8) is 0 Å². The fourth-order valence-electron chi connectivity index (χ4n) is 3.35. The highest BCUT2D eigenvalue weighted by molar-refractivity contribution is 9.10. The SMILES string of the molecule is CN1C(=O)[C@](O)(C2CCCCC2=O)c2cc(Br)ccc21. The van der Waals surface area contributed by atoms with E-state index in [4.69, 9.17) is 0 Å². The van der Waals surface area contributed by atoms with Gasteiger partial charge < -0.3 is 10.0 Å². The van der Waals surface area contributed by atoms with E-state index in [0.29, 0.717) is 24.1 Å². The van der Waals surface area contributed by atoms with Gasteiger partial charge in [-0.25, -0.2) is 0 Å². The molecule has 106 valence electrons. The van der Waals surface area contributed by atoms with Crippen molar-refractivity contribution in [2.24, 2.45) is 5.92 Å². The second-order valence-corrected chi connectivity index (χ2v) is 6.47. The molecule has 1 heterocycles. The van der Waals surface area contributed by atoms with Gasteiger partial charge in [0.25, 0.3) is 5.91 Å². The van der Waals surface area contributed by atoms with Gasteiger partial charge in [-0.1, -0.05) is 22.4 Å². The number of fused-ring (bicyclic) bond motifs is 1. The van der Waals surface area contributed by atoms with Crippen molar-refractivity contribution in [3.8, 4) is 0 Å². The fourth-order valence-corrected chi connectivity index (χ4v) is 3.71. The first kappa shape index (κ1) is 13.8. The standard InChI is InChI=1S/C15H16BrNO3/c1-17-12-7-6-9(16)8-11(12)15(20,14(17)19)10-4-2-3-5-13(10)18/h6-8,10,20H,2-5H2,1H3/t10?,15-/m0/s1. The van der Waals surface area contributed by atoms with Gasteiger partial charge in [0, 0.05) is 23.5 Å². The molecule has 5 heteroatoms. The van der Waals surface area contributed by atoms with Crippen LogP contribution in [0.4, 0.5) is 5.69 Å². The number of anilines is 1. The van der Waals surface area contributed by atoms with E-state index >= 15 is 0 Å². The number of likely N-dealkylation sites (N-methyl/N-ethyl adjacent to an activating group) is 1. The summed E-state index contributed by atoms with van der Waals surface area (Å²) < 4.78 is 0.793. The molecule has 2 aliphatic rings. The van der Waals surface area contributed by atoms with Gasteiger partial charge in [0.15, 0.2) is 5.60 Å². The number of ketones is 1. The summed E-state index contributed by atoms with van der Waals surface area (Å²) in [4.78, 5) is 26.2. The molecule has 2 atom stereocenters. The van der Waals surface area contributed by atoms with Gasteiger partial charge in [-0.3, -0.25) is 9.59 Å². The number of halogens is 1. The predicted molar refractivity (Wildman–Crippen MR) is 78.4 cm³/mol. The van der Waals surface area contributed by atoms with Gasteiger partial charge in [0.2, 0.25) is 0 Å². The number of rotatable bonds is 1. The number of hydrogen-bond acceptors (Lipinski definition) is 3. The number of carbonyl (C=O) groups is 2. The summed E-state index contributed by atoms with van der Waals surface area (Å²) in [7, 11) is 1.64. The highest BCUT2D eigenvalue weighted by Crippen LogP contribution is 2.48. The van der Waals surface area contributed by atoms with E-state index in [2.05, 4.69) is 15.9 Å². The molecule has 1 aromatic rings. The molecule has 1 aliphatic heterocycles. The lowest BCUT2D eigenvalue weighted by Gasteiger charge is -2.33. The Labute approximate surface area is 125 Å². The van der Waals surface area contributed by atoms with Crippen LogP contribution in [0, 0.1) is 5.92 Å². The molecule has 1 N–H and O–H groups in total. The summed E-state index contributed by atoms with van der Waals surface area (Å²) in [6.07, 6.45) is 2.74. The minimum absolute atomic E-state index is 0.00618. The molecule has 3 rings (SSSR count). The molecule has 0 radical (unpaired) electrons. The highest BCUT2D eigenvalue weighted by atomic mass is 79.9. The topological polar surface area (TPSA) is 57.6 Å². The Bertz CT molecular complexity index is 601. The maximum Gasteiger partial charge on any atom is 0.264 e. The van der Waals surface area contributed by atoms with Crippen molar-refractivity contribution in [2.75, 3.05) is 11.9 Å². The number of nitrogens with zero attached hydrogens (tertiary/aromatic N) is 1. The summed E-state index contributed by atoms with van der Waals surface area (Å²) in [6, 6.07) is 5.37. The summed E-state index contributed by atoms with van der Waals surface area (Å²) in [6.45, 7) is 0. The van der Waals surface area contributed by atoms with Crippen molar-refractivity contribution < 1.29 is 14.7 Å². The third-order valence-electron chi connectivity index (χ3n) is 4.42. The van der Waals surface area contributed by atoms with E-state index in [1.165, 1.54) is 4.90 Å². The Morgan fingerprint density at radius 1 is 1.35 bits per heavy atom. The van der Waals surface area contributed by atoms with Gasteiger partial charge >= 0.3 is 0 Å². The average molecular weight is 338 g/mol. The predicted octanol–water partition coefficient (Wildman–Crippen LogP) is 2.37. The minimum atomic E-state index is -1.70. The second kappa shape index (κ2) is 4.67. The number of benzene rings is 1. The lowest BCUT2D eigenvalue weighted by molar-refractivity contribution is -0.151. The van der Waals surface area contributed by atoms with E-state index in [-0.39, 0.29) is 5.78 Å². The Morgan fingerprint density at radius 3 is 2.80 bits per heavy atom. The third-order valence-corrected chi connectivity index (χ3v) is 4.91. The first-order valence-electron chi connectivity index (χ1n) is 6.79. The van der Waals surface area contributed by atoms with Crippen LogP contribution >= 0.6 is 15.9 Å². The molecule has 1 aliphatic carbocycles. The zero-order chi connectivity index (χ0) is 14.5. The molecule has 1 fully saturated rings. The van der Waals surface area contributed by atoms with Crippen molar-refractivity contribution in [3.05, 3.63) is 28.2 Å². The fraction of sp³-hybridized carbons (Fsp3) is 0.467. The summed E-state index contributed by atoms with van der Waals surface area (Å²) >= 11 is 3.37. The molecule has 1 aromatic carbocycles. The van der Waals surface area contributed by atoms with E-state index < -0.39 is 17.4 Å². The quantitative estimate of drug-likeness (QED) is 0.855. The van der Waals surface area contributed by atoms with E-state index in [1.807, 2.05) is 6.07 Å². The summed E-state index contributed by atoms with van der Waals surface area (Å²) in [5, 5.41) is 11.1. The normalized spacial score (nSPS) is 29.8. The van der Waals surface area contributed by atoms with Gasteiger partial charge in [-0.15, -0.1) is 0 Å². The van der Waals surface area contributed by atoms with Crippen molar-refractivity contribution in [2.45, 2.75) is 31.3 Å². The van der Waals surface area contributed by atoms with E-state index in [9.17, 15) is 14.7 Å². The zero-order valence-corrected chi connectivity index (χ0v) is 12.8. The lowest BCUT2D eigenvalue weighted by atomic mass is 9.73. The molecular formula is C15H16BrNO3. The Hall–Kier alpha value is -1.20. The first-order valence-corrected chi connectivity index (χ1v) is 7.59. The van der Waals surface area contributed by atoms with Crippen LogP contribution in [0.1, 0.15) is 31.2 Å². The number of amides is 1. The van der Waals surface area contributed by atoms with Gasteiger partial charge in [-0.05, 0) is 31.0 Å². The third kappa shape index (κ3) is 1.76. The van der Waals surface area contributed by atoms with Crippen LogP contribution in [0.2, 0.25) is 0 Å². The van der Waals surface area contributed by atoms with E-state index in [1.54, 1.807) is 19.2 Å². The average Bonchev–Trinajstić information content (AvgIpc) is 2.62. The maximum atomic E-state index is 12.5. The van der Waals surface area contributed by atoms with Crippen LogP contribution in [0.25, 0.3) is 0 Å². The number of carbonyl (C=O) groups excluding carboxylic acids is 2. The van der Waals surface area contributed by atoms with Crippen LogP contribution in [-0.4, -0.2) is 23.8 Å². The molecular weight excluding hydrogens is 322 g/mol. The molecule has 4 nitrogen and oxygen atoms in total. The second-order valence-electron chi connectivity index (χ2n) is 5.56. The van der Waals surface area contributed by atoms with Crippen LogP contribution in [-0.2, 0) is 15.2 Å².